The second kappa shape index (κ2) is 7.22. The van der Waals surface area contributed by atoms with Gasteiger partial charge in [0.1, 0.15) is 5.60 Å². The van der Waals surface area contributed by atoms with Gasteiger partial charge in [-0.3, -0.25) is 9.19 Å². The van der Waals surface area contributed by atoms with Crippen molar-refractivity contribution in [2.75, 3.05) is 18.8 Å². The van der Waals surface area contributed by atoms with E-state index in [-0.39, 0.29) is 12.0 Å². The molecule has 2 rings (SSSR count). The standard InChI is InChI=1S/C16H24N2O3S/c1-16(2,3)21-15(19)18-9-6-14(10-18)12-22(20)11-13-4-7-17-8-5-13/h4-5,7-8,14H,6,9-12H2,1-3H3/t14-,22-/m1/s1. The Hall–Kier alpha value is -1.43. The monoisotopic (exact) mass is 324 g/mol. The zero-order chi connectivity index (χ0) is 16.2. The maximum Gasteiger partial charge on any atom is 0.410 e. The highest BCUT2D eigenvalue weighted by Crippen LogP contribution is 2.21. The summed E-state index contributed by atoms with van der Waals surface area (Å²) in [5, 5.41) is 0. The molecule has 5 nitrogen and oxygen atoms in total. The molecule has 0 radical (unpaired) electrons. The van der Waals surface area contributed by atoms with E-state index in [1.165, 1.54) is 0 Å². The van der Waals surface area contributed by atoms with Gasteiger partial charge in [-0.05, 0) is 50.8 Å². The molecular formula is C16H24N2O3S. The summed E-state index contributed by atoms with van der Waals surface area (Å²) in [7, 11) is -0.915. The van der Waals surface area contributed by atoms with Crippen LogP contribution in [0.4, 0.5) is 4.79 Å². The van der Waals surface area contributed by atoms with Crippen molar-refractivity contribution in [3.63, 3.8) is 0 Å². The zero-order valence-corrected chi connectivity index (χ0v) is 14.3. The summed E-state index contributed by atoms with van der Waals surface area (Å²) < 4.78 is 17.6. The van der Waals surface area contributed by atoms with Crippen LogP contribution in [-0.4, -0.2) is 44.6 Å². The van der Waals surface area contributed by atoms with Crippen LogP contribution in [0, 0.1) is 5.92 Å². The number of ether oxygens (including phenoxy) is 1. The van der Waals surface area contributed by atoms with Gasteiger partial charge in [0.05, 0.1) is 0 Å². The molecule has 6 heteroatoms. The molecule has 1 aliphatic rings. The average molecular weight is 324 g/mol. The first-order chi connectivity index (χ1) is 10.3. The lowest BCUT2D eigenvalue weighted by Crippen LogP contribution is -2.35. The van der Waals surface area contributed by atoms with Gasteiger partial charge in [0.25, 0.3) is 0 Å². The van der Waals surface area contributed by atoms with Gasteiger partial charge < -0.3 is 9.64 Å². The summed E-state index contributed by atoms with van der Waals surface area (Å²) in [6.07, 6.45) is 4.05. The van der Waals surface area contributed by atoms with Crippen molar-refractivity contribution in [2.45, 2.75) is 38.5 Å². The van der Waals surface area contributed by atoms with Crippen molar-refractivity contribution in [2.24, 2.45) is 5.92 Å². The van der Waals surface area contributed by atoms with Crippen LogP contribution in [-0.2, 0) is 21.3 Å². The van der Waals surface area contributed by atoms with Crippen LogP contribution in [0.3, 0.4) is 0 Å². The van der Waals surface area contributed by atoms with Gasteiger partial charge in [0.2, 0.25) is 0 Å². The molecule has 0 saturated carbocycles. The van der Waals surface area contributed by atoms with Crippen LogP contribution in [0.25, 0.3) is 0 Å². The number of hydrogen-bond donors (Lipinski definition) is 0. The predicted octanol–water partition coefficient (Wildman–Crippen LogP) is 2.59. The quantitative estimate of drug-likeness (QED) is 0.854. The topological polar surface area (TPSA) is 59.5 Å². The van der Waals surface area contributed by atoms with Gasteiger partial charge in [-0.2, -0.15) is 0 Å². The third-order valence-electron chi connectivity index (χ3n) is 3.44. The van der Waals surface area contributed by atoms with Crippen molar-refractivity contribution in [3.8, 4) is 0 Å². The minimum Gasteiger partial charge on any atom is -0.444 e. The molecule has 1 amide bonds. The molecule has 0 bridgehead atoms. The van der Waals surface area contributed by atoms with Crippen LogP contribution in [0.1, 0.15) is 32.8 Å². The Morgan fingerprint density at radius 1 is 1.41 bits per heavy atom. The molecular weight excluding hydrogens is 300 g/mol. The number of amides is 1. The maximum absolute atomic E-state index is 12.2. The number of likely N-dealkylation sites (tertiary alicyclic amines) is 1. The summed E-state index contributed by atoms with van der Waals surface area (Å²) in [6, 6.07) is 3.78. The molecule has 0 N–H and O–H groups in total. The molecule has 1 saturated heterocycles. The van der Waals surface area contributed by atoms with E-state index in [4.69, 9.17) is 4.74 Å². The van der Waals surface area contributed by atoms with Crippen LogP contribution >= 0.6 is 0 Å². The molecule has 2 heterocycles. The molecule has 0 spiro atoms. The van der Waals surface area contributed by atoms with Crippen LogP contribution in [0.15, 0.2) is 24.5 Å². The smallest absolute Gasteiger partial charge is 0.410 e. The third-order valence-corrected chi connectivity index (χ3v) is 4.93. The van der Waals surface area contributed by atoms with Gasteiger partial charge in [-0.1, -0.05) is 0 Å². The Kier molecular flexibility index (Phi) is 5.56. The van der Waals surface area contributed by atoms with Gasteiger partial charge in [0, 0.05) is 47.8 Å². The van der Waals surface area contributed by atoms with Crippen molar-refractivity contribution in [3.05, 3.63) is 30.1 Å². The molecule has 0 aromatic carbocycles. The summed E-state index contributed by atoms with van der Waals surface area (Å²) in [5.74, 6) is 1.46. The fraction of sp³-hybridized carbons (Fsp3) is 0.625. The summed E-state index contributed by atoms with van der Waals surface area (Å²) in [4.78, 5) is 17.7. The van der Waals surface area contributed by atoms with Gasteiger partial charge in [0.15, 0.2) is 0 Å². The Labute approximate surface area is 134 Å². The van der Waals surface area contributed by atoms with Crippen LogP contribution < -0.4 is 0 Å². The number of nitrogens with zero attached hydrogens (tertiary/aromatic N) is 2. The lowest BCUT2D eigenvalue weighted by Gasteiger charge is -2.24. The van der Waals surface area contributed by atoms with Crippen molar-refractivity contribution >= 4 is 16.9 Å². The van der Waals surface area contributed by atoms with E-state index in [0.717, 1.165) is 12.0 Å². The Balaban J connectivity index is 1.79. The highest BCUT2D eigenvalue weighted by molar-refractivity contribution is 7.84. The number of carbonyl (C=O) groups is 1. The van der Waals surface area contributed by atoms with E-state index < -0.39 is 16.4 Å². The molecule has 2 atom stereocenters. The minimum absolute atomic E-state index is 0.269. The van der Waals surface area contributed by atoms with E-state index >= 15 is 0 Å². The van der Waals surface area contributed by atoms with Gasteiger partial charge >= 0.3 is 6.09 Å². The minimum atomic E-state index is -0.915. The van der Waals surface area contributed by atoms with Gasteiger partial charge in [-0.15, -0.1) is 0 Å². The summed E-state index contributed by atoms with van der Waals surface area (Å²) >= 11 is 0. The molecule has 1 aromatic heterocycles. The molecule has 0 unspecified atom stereocenters. The zero-order valence-electron chi connectivity index (χ0n) is 13.4. The third kappa shape index (κ3) is 5.40. The highest BCUT2D eigenvalue weighted by Gasteiger charge is 2.30. The Morgan fingerprint density at radius 2 is 2.09 bits per heavy atom. The molecule has 1 aliphatic heterocycles. The van der Waals surface area contributed by atoms with Crippen LogP contribution in [0.2, 0.25) is 0 Å². The largest absolute Gasteiger partial charge is 0.444 e. The maximum atomic E-state index is 12.2. The molecule has 1 aromatic rings. The number of rotatable bonds is 4. The van der Waals surface area contributed by atoms with Gasteiger partial charge in [-0.25, -0.2) is 4.79 Å². The van der Waals surface area contributed by atoms with E-state index in [2.05, 4.69) is 4.98 Å². The van der Waals surface area contributed by atoms with Crippen LogP contribution in [0.5, 0.6) is 0 Å². The first kappa shape index (κ1) is 16.9. The first-order valence-corrected chi connectivity index (χ1v) is 9.04. The van der Waals surface area contributed by atoms with Crippen molar-refractivity contribution < 1.29 is 13.7 Å². The fourth-order valence-electron chi connectivity index (χ4n) is 2.45. The molecule has 0 aliphatic carbocycles. The molecule has 22 heavy (non-hydrogen) atoms. The normalized spacial score (nSPS) is 20.0. The molecule has 1 fully saturated rings. The second-order valence-electron chi connectivity index (χ2n) is 6.69. The lowest BCUT2D eigenvalue weighted by molar-refractivity contribution is 0.0289. The van der Waals surface area contributed by atoms with Crippen molar-refractivity contribution in [1.82, 2.24) is 9.88 Å². The SMILES string of the molecule is CC(C)(C)OC(=O)N1CC[C@@H](C[S@](=O)Cc2ccncc2)C1. The average Bonchev–Trinajstić information content (AvgIpc) is 2.86. The highest BCUT2D eigenvalue weighted by atomic mass is 32.2. The Bertz CT molecular complexity index is 528. The predicted molar refractivity (Wildman–Crippen MR) is 86.9 cm³/mol. The van der Waals surface area contributed by atoms with E-state index in [9.17, 15) is 9.00 Å². The number of pyridine rings is 1. The fourth-order valence-corrected chi connectivity index (χ4v) is 3.93. The Morgan fingerprint density at radius 3 is 2.73 bits per heavy atom. The first-order valence-electron chi connectivity index (χ1n) is 7.55. The number of hydrogen-bond acceptors (Lipinski definition) is 4. The van der Waals surface area contributed by atoms with Crippen molar-refractivity contribution in [1.29, 1.82) is 0 Å². The second-order valence-corrected chi connectivity index (χ2v) is 8.19. The van der Waals surface area contributed by atoms with E-state index in [1.54, 1.807) is 17.3 Å². The lowest BCUT2D eigenvalue weighted by atomic mass is 10.2. The number of carbonyl (C=O) groups excluding carboxylic acids is 1. The molecule has 122 valence electrons. The van der Waals surface area contributed by atoms with E-state index in [0.29, 0.717) is 24.6 Å². The number of aromatic nitrogens is 1. The van der Waals surface area contributed by atoms with E-state index in [1.807, 2.05) is 32.9 Å². The summed E-state index contributed by atoms with van der Waals surface area (Å²) in [5.41, 5.74) is 0.564. The summed E-state index contributed by atoms with van der Waals surface area (Å²) in [6.45, 7) is 6.91.